The molecule has 1 aromatic heterocycles. The molecule has 1 aliphatic heterocycles. The maximum atomic E-state index is 12.9. The number of amides is 3. The topological polar surface area (TPSA) is 100 Å². The smallest absolute Gasteiger partial charge is 0.325 e. The minimum Gasteiger partial charge on any atom is -0.337 e. The van der Waals surface area contributed by atoms with Crippen molar-refractivity contribution in [2.75, 3.05) is 7.05 Å². The fraction of sp³-hybridized carbons (Fsp3) is 0.765. The number of nitrogens with zero attached hydrogens (tertiary/aromatic N) is 3. The molecule has 0 bridgehead atoms. The van der Waals surface area contributed by atoms with Crippen molar-refractivity contribution in [3.05, 3.63) is 11.7 Å². The molecule has 8 nitrogen and oxygen atoms in total. The maximum Gasteiger partial charge on any atom is 0.325 e. The number of nitrogens with one attached hydrogen (secondary N) is 2. The van der Waals surface area contributed by atoms with Gasteiger partial charge in [-0.1, -0.05) is 18.5 Å². The molecule has 1 aliphatic carbocycles. The number of halogens is 1. The van der Waals surface area contributed by atoms with Crippen LogP contribution in [0.15, 0.2) is 4.52 Å². The number of carbonyl (C=O) groups excluding carboxylic acids is 2. The zero-order valence-electron chi connectivity index (χ0n) is 15.6. The molecule has 2 N–H and O–H groups in total. The number of imide groups is 1. The van der Waals surface area contributed by atoms with Gasteiger partial charge in [-0.2, -0.15) is 4.98 Å². The largest absolute Gasteiger partial charge is 0.337 e. The average Bonchev–Trinajstić information content (AvgIpc) is 3.14. The van der Waals surface area contributed by atoms with Gasteiger partial charge in [0.05, 0.1) is 0 Å². The fourth-order valence-electron chi connectivity index (χ4n) is 3.69. The van der Waals surface area contributed by atoms with Crippen molar-refractivity contribution >= 4 is 24.3 Å². The molecule has 0 radical (unpaired) electrons. The lowest BCUT2D eigenvalue weighted by Gasteiger charge is -2.34. The number of carbonyl (C=O) groups is 2. The number of hydrogen-bond donors (Lipinski definition) is 2. The van der Waals surface area contributed by atoms with Crippen LogP contribution in [-0.4, -0.2) is 45.6 Å². The molecule has 1 saturated heterocycles. The highest BCUT2D eigenvalue weighted by Crippen LogP contribution is 2.37. The van der Waals surface area contributed by atoms with Crippen molar-refractivity contribution in [3.63, 3.8) is 0 Å². The Labute approximate surface area is 159 Å². The Morgan fingerprint density at radius 1 is 1.38 bits per heavy atom. The van der Waals surface area contributed by atoms with Gasteiger partial charge in [0.15, 0.2) is 5.82 Å². The van der Waals surface area contributed by atoms with E-state index in [2.05, 4.69) is 27.7 Å². The Bertz CT molecular complexity index is 642. The lowest BCUT2D eigenvalue weighted by molar-refractivity contribution is -0.133. The van der Waals surface area contributed by atoms with Gasteiger partial charge in [0.25, 0.3) is 5.91 Å². The van der Waals surface area contributed by atoms with Crippen LogP contribution in [0.4, 0.5) is 4.79 Å². The monoisotopic (exact) mass is 385 g/mol. The third kappa shape index (κ3) is 4.01. The third-order valence-electron chi connectivity index (χ3n) is 5.57. The molecule has 2 fully saturated rings. The molecule has 9 heteroatoms. The van der Waals surface area contributed by atoms with Crippen LogP contribution in [0.5, 0.6) is 0 Å². The van der Waals surface area contributed by atoms with Crippen molar-refractivity contribution in [3.8, 4) is 0 Å². The van der Waals surface area contributed by atoms with E-state index in [1.54, 1.807) is 0 Å². The first-order valence-electron chi connectivity index (χ1n) is 9.10. The van der Waals surface area contributed by atoms with E-state index in [0.717, 1.165) is 19.3 Å². The second kappa shape index (κ2) is 8.35. The van der Waals surface area contributed by atoms with Crippen molar-refractivity contribution in [1.29, 1.82) is 0 Å². The van der Waals surface area contributed by atoms with E-state index in [1.165, 1.54) is 4.90 Å². The van der Waals surface area contributed by atoms with Crippen LogP contribution in [0.3, 0.4) is 0 Å². The van der Waals surface area contributed by atoms with E-state index in [9.17, 15) is 9.59 Å². The lowest BCUT2D eigenvalue weighted by Crippen LogP contribution is -2.49. The van der Waals surface area contributed by atoms with E-state index in [-0.39, 0.29) is 36.9 Å². The molecular formula is C17H28ClN5O3. The molecule has 1 saturated carbocycles. The normalized spacial score (nSPS) is 26.7. The Morgan fingerprint density at radius 2 is 2.08 bits per heavy atom. The van der Waals surface area contributed by atoms with Gasteiger partial charge in [-0.3, -0.25) is 9.69 Å². The number of urea groups is 1. The highest BCUT2D eigenvalue weighted by atomic mass is 35.5. The Kier molecular flexibility index (Phi) is 6.63. The summed E-state index contributed by atoms with van der Waals surface area (Å²) >= 11 is 0. The van der Waals surface area contributed by atoms with Gasteiger partial charge in [-0.25, -0.2) is 4.79 Å². The molecule has 1 atom stereocenters. The van der Waals surface area contributed by atoms with Crippen LogP contribution in [-0.2, 0) is 17.8 Å². The predicted octanol–water partition coefficient (Wildman–Crippen LogP) is 2.03. The van der Waals surface area contributed by atoms with Crippen LogP contribution in [0.25, 0.3) is 0 Å². The maximum absolute atomic E-state index is 12.9. The molecule has 26 heavy (non-hydrogen) atoms. The van der Waals surface area contributed by atoms with Crippen LogP contribution in [0, 0.1) is 5.92 Å². The zero-order valence-corrected chi connectivity index (χ0v) is 16.4. The highest BCUT2D eigenvalue weighted by molar-refractivity contribution is 6.06. The molecule has 1 unspecified atom stereocenters. The van der Waals surface area contributed by atoms with Gasteiger partial charge in [-0.15, -0.1) is 12.4 Å². The summed E-state index contributed by atoms with van der Waals surface area (Å²) < 4.78 is 5.22. The van der Waals surface area contributed by atoms with Gasteiger partial charge in [0, 0.05) is 12.5 Å². The van der Waals surface area contributed by atoms with E-state index in [1.807, 2.05) is 14.0 Å². The predicted molar refractivity (Wildman–Crippen MR) is 97.8 cm³/mol. The quantitative estimate of drug-likeness (QED) is 0.727. The van der Waals surface area contributed by atoms with Gasteiger partial charge in [0.1, 0.15) is 12.1 Å². The highest BCUT2D eigenvalue weighted by Gasteiger charge is 2.52. The number of likely N-dealkylation sites (N-methyl/N-ethyl adjacent to an activating group) is 1. The van der Waals surface area contributed by atoms with Crippen LogP contribution >= 0.6 is 12.4 Å². The Morgan fingerprint density at radius 3 is 2.69 bits per heavy atom. The van der Waals surface area contributed by atoms with E-state index in [0.29, 0.717) is 36.9 Å². The first kappa shape index (κ1) is 20.6. The Balaban J connectivity index is 0.00000243. The van der Waals surface area contributed by atoms with Crippen molar-refractivity contribution in [1.82, 2.24) is 25.7 Å². The molecule has 2 heterocycles. The molecule has 3 rings (SSSR count). The fourth-order valence-corrected chi connectivity index (χ4v) is 3.69. The van der Waals surface area contributed by atoms with E-state index >= 15 is 0 Å². The molecular weight excluding hydrogens is 358 g/mol. The van der Waals surface area contributed by atoms with E-state index < -0.39 is 5.54 Å². The minimum atomic E-state index is -0.730. The summed E-state index contributed by atoms with van der Waals surface area (Å²) in [7, 11) is 1.87. The lowest BCUT2D eigenvalue weighted by atomic mass is 9.75. The molecule has 2 aliphatic rings. The van der Waals surface area contributed by atoms with Crippen molar-refractivity contribution in [2.45, 2.75) is 70.5 Å². The van der Waals surface area contributed by atoms with Crippen LogP contribution in [0.2, 0.25) is 0 Å². The Hall–Kier alpha value is -1.67. The minimum absolute atomic E-state index is 0. The molecule has 1 spiro atoms. The summed E-state index contributed by atoms with van der Waals surface area (Å²) in [6.07, 6.45) is 5.12. The molecule has 0 aromatic carbocycles. The van der Waals surface area contributed by atoms with Crippen LogP contribution in [0.1, 0.15) is 57.7 Å². The summed E-state index contributed by atoms with van der Waals surface area (Å²) in [5.74, 6) is 1.36. The SMILES string of the molecule is CCC1CCC2(CC1)NC(=O)N(Cc1nc(CC(C)NC)no1)C2=O.Cl. The van der Waals surface area contributed by atoms with Gasteiger partial charge in [-0.05, 0) is 45.6 Å². The number of aromatic nitrogens is 2. The standard InChI is InChI=1S/C17H27N5O3.ClH/c1-4-12-5-7-17(8-6-12)15(23)22(16(24)20-17)10-14-19-13(21-25-14)9-11(2)18-3;/h11-12,18H,4-10H2,1-3H3,(H,20,24);1H. The summed E-state index contributed by atoms with van der Waals surface area (Å²) in [6, 6.07) is -0.137. The van der Waals surface area contributed by atoms with E-state index in [4.69, 9.17) is 4.52 Å². The molecule has 1 aromatic rings. The van der Waals surface area contributed by atoms with Crippen LogP contribution < -0.4 is 10.6 Å². The zero-order chi connectivity index (χ0) is 18.0. The van der Waals surface area contributed by atoms with Crippen molar-refractivity contribution < 1.29 is 14.1 Å². The van der Waals surface area contributed by atoms with Crippen molar-refractivity contribution in [2.24, 2.45) is 5.92 Å². The summed E-state index contributed by atoms with van der Waals surface area (Å²) in [4.78, 5) is 30.7. The van der Waals surface area contributed by atoms with Gasteiger partial charge in [0.2, 0.25) is 5.89 Å². The number of hydrogen-bond acceptors (Lipinski definition) is 6. The summed E-state index contributed by atoms with van der Waals surface area (Å²) in [5, 5.41) is 9.95. The second-order valence-electron chi connectivity index (χ2n) is 7.25. The first-order valence-corrected chi connectivity index (χ1v) is 9.10. The second-order valence-corrected chi connectivity index (χ2v) is 7.25. The van der Waals surface area contributed by atoms with Gasteiger partial charge < -0.3 is 15.2 Å². The summed E-state index contributed by atoms with van der Waals surface area (Å²) in [5.41, 5.74) is -0.730. The third-order valence-corrected chi connectivity index (χ3v) is 5.57. The first-order chi connectivity index (χ1) is 12.0. The molecule has 146 valence electrons. The summed E-state index contributed by atoms with van der Waals surface area (Å²) in [6.45, 7) is 4.22. The van der Waals surface area contributed by atoms with Gasteiger partial charge >= 0.3 is 6.03 Å². The number of rotatable bonds is 6. The molecule has 3 amide bonds. The average molecular weight is 386 g/mol.